The molecule has 0 aliphatic carbocycles. The molecule has 0 radical (unpaired) electrons. The maximum atomic E-state index is 11.3. The Kier molecular flexibility index (Phi) is 1.58. The van der Waals surface area contributed by atoms with Crippen LogP contribution >= 0.6 is 11.3 Å². The van der Waals surface area contributed by atoms with Crippen LogP contribution < -0.4 is 11.3 Å². The van der Waals surface area contributed by atoms with Crippen molar-refractivity contribution < 1.29 is 0 Å². The molecule has 0 unspecified atom stereocenters. The van der Waals surface area contributed by atoms with Gasteiger partial charge in [-0.2, -0.15) is 0 Å². The molecule has 0 aliphatic heterocycles. The normalized spacial score (nSPS) is 11.2. The lowest BCUT2D eigenvalue weighted by atomic mass is 10.2. The Hall–Kier alpha value is -1.88. The fourth-order valence-corrected chi connectivity index (χ4v) is 2.32. The average molecular weight is 217 g/mol. The molecule has 0 saturated carbocycles. The van der Waals surface area contributed by atoms with Gasteiger partial charge in [-0.3, -0.25) is 4.79 Å². The number of nitrogens with zero attached hydrogens (tertiary/aromatic N) is 1. The number of benzene rings is 1. The Morgan fingerprint density at radius 3 is 3.13 bits per heavy atom. The van der Waals surface area contributed by atoms with Crippen LogP contribution in [0.1, 0.15) is 0 Å². The predicted molar refractivity (Wildman–Crippen MR) is 62.2 cm³/mol. The second-order valence-corrected chi connectivity index (χ2v) is 4.17. The molecule has 0 aliphatic rings. The summed E-state index contributed by atoms with van der Waals surface area (Å²) >= 11 is 1.57. The molecule has 3 rings (SSSR count). The first-order valence-electron chi connectivity index (χ1n) is 4.40. The van der Waals surface area contributed by atoms with Crippen LogP contribution in [0.25, 0.3) is 21.1 Å². The SMILES string of the molecule is Nc1cc2c(ccc3scnc32)[nH]c1=O. The van der Waals surface area contributed by atoms with Crippen molar-refractivity contribution in [2.75, 3.05) is 5.73 Å². The van der Waals surface area contributed by atoms with E-state index in [0.29, 0.717) is 0 Å². The molecule has 4 nitrogen and oxygen atoms in total. The molecule has 5 heteroatoms. The van der Waals surface area contributed by atoms with Crippen molar-refractivity contribution >= 4 is 38.1 Å². The topological polar surface area (TPSA) is 71.8 Å². The zero-order valence-corrected chi connectivity index (χ0v) is 8.47. The largest absolute Gasteiger partial charge is 0.394 e. The van der Waals surface area contributed by atoms with Crippen LogP contribution in [0.4, 0.5) is 5.69 Å². The summed E-state index contributed by atoms with van der Waals surface area (Å²) in [5.74, 6) is 0. The zero-order valence-electron chi connectivity index (χ0n) is 7.65. The fourth-order valence-electron chi connectivity index (χ4n) is 1.62. The minimum Gasteiger partial charge on any atom is -0.394 e. The molecule has 15 heavy (non-hydrogen) atoms. The molecule has 0 spiro atoms. The number of nitrogens with two attached hydrogens (primary N) is 1. The Balaban J connectivity index is 2.62. The lowest BCUT2D eigenvalue weighted by Gasteiger charge is -1.99. The summed E-state index contributed by atoms with van der Waals surface area (Å²) < 4.78 is 1.09. The molecule has 0 bridgehead atoms. The average Bonchev–Trinajstić information content (AvgIpc) is 2.68. The first-order chi connectivity index (χ1) is 7.25. The van der Waals surface area contributed by atoms with Gasteiger partial charge in [0.15, 0.2) is 0 Å². The third kappa shape index (κ3) is 1.13. The molecule has 2 aromatic heterocycles. The molecular weight excluding hydrogens is 210 g/mol. The zero-order chi connectivity index (χ0) is 10.4. The minimum absolute atomic E-state index is 0.225. The smallest absolute Gasteiger partial charge is 0.271 e. The van der Waals surface area contributed by atoms with Gasteiger partial charge in [-0.25, -0.2) is 4.98 Å². The molecule has 0 amide bonds. The lowest BCUT2D eigenvalue weighted by molar-refractivity contribution is 1.31. The van der Waals surface area contributed by atoms with E-state index in [1.54, 1.807) is 22.9 Å². The van der Waals surface area contributed by atoms with Gasteiger partial charge in [0.2, 0.25) is 0 Å². The summed E-state index contributed by atoms with van der Waals surface area (Å²) in [7, 11) is 0. The van der Waals surface area contributed by atoms with Gasteiger partial charge in [-0.05, 0) is 18.2 Å². The van der Waals surface area contributed by atoms with E-state index in [0.717, 1.165) is 21.1 Å². The molecule has 2 heterocycles. The van der Waals surface area contributed by atoms with Crippen molar-refractivity contribution in [1.29, 1.82) is 0 Å². The van der Waals surface area contributed by atoms with Crippen LogP contribution in [0.15, 0.2) is 28.5 Å². The van der Waals surface area contributed by atoms with Gasteiger partial charge in [-0.1, -0.05) is 0 Å². The molecule has 0 atom stereocenters. The van der Waals surface area contributed by atoms with Crippen molar-refractivity contribution in [2.45, 2.75) is 0 Å². The van der Waals surface area contributed by atoms with Crippen LogP contribution in [0.3, 0.4) is 0 Å². The number of nitrogen functional groups attached to an aromatic ring is 1. The number of aromatic amines is 1. The monoisotopic (exact) mass is 217 g/mol. The molecule has 74 valence electrons. The second kappa shape index (κ2) is 2.80. The number of hydrogen-bond acceptors (Lipinski definition) is 4. The molecule has 3 N–H and O–H groups in total. The van der Waals surface area contributed by atoms with Crippen LogP contribution in [0.5, 0.6) is 0 Å². The van der Waals surface area contributed by atoms with Crippen LogP contribution in [-0.2, 0) is 0 Å². The number of H-pyrrole nitrogens is 1. The molecule has 1 aromatic carbocycles. The third-order valence-electron chi connectivity index (χ3n) is 2.35. The van der Waals surface area contributed by atoms with Gasteiger partial charge in [0.25, 0.3) is 5.56 Å². The first kappa shape index (κ1) is 8.43. The van der Waals surface area contributed by atoms with E-state index in [2.05, 4.69) is 9.97 Å². The Morgan fingerprint density at radius 1 is 1.40 bits per heavy atom. The predicted octanol–water partition coefficient (Wildman–Crippen LogP) is 1.72. The number of anilines is 1. The summed E-state index contributed by atoms with van der Waals surface area (Å²) in [6.07, 6.45) is 0. The highest BCUT2D eigenvalue weighted by molar-refractivity contribution is 7.16. The maximum absolute atomic E-state index is 11.3. The Morgan fingerprint density at radius 2 is 2.27 bits per heavy atom. The van der Waals surface area contributed by atoms with E-state index >= 15 is 0 Å². The van der Waals surface area contributed by atoms with E-state index in [4.69, 9.17) is 5.73 Å². The van der Waals surface area contributed by atoms with Crippen molar-refractivity contribution in [2.24, 2.45) is 0 Å². The van der Waals surface area contributed by atoms with Gasteiger partial charge in [-0.15, -0.1) is 11.3 Å². The van der Waals surface area contributed by atoms with Gasteiger partial charge in [0.05, 0.1) is 26.9 Å². The summed E-state index contributed by atoms with van der Waals surface area (Å²) in [4.78, 5) is 18.3. The van der Waals surface area contributed by atoms with E-state index in [-0.39, 0.29) is 11.2 Å². The standard InChI is InChI=1S/C10H7N3OS/c11-6-3-5-7(13-10(6)14)1-2-8-9(5)12-4-15-8/h1-4H,11H2,(H,13,14). The summed E-state index contributed by atoms with van der Waals surface area (Å²) in [6, 6.07) is 5.49. The van der Waals surface area contributed by atoms with Crippen molar-refractivity contribution in [3.05, 3.63) is 34.1 Å². The molecule has 0 saturated heterocycles. The molecular formula is C10H7N3OS. The molecule has 3 aromatic rings. The minimum atomic E-state index is -0.253. The number of thiazole rings is 1. The second-order valence-electron chi connectivity index (χ2n) is 3.28. The van der Waals surface area contributed by atoms with Crippen LogP contribution in [0.2, 0.25) is 0 Å². The number of hydrogen-bond donors (Lipinski definition) is 2. The van der Waals surface area contributed by atoms with E-state index in [1.807, 2.05) is 12.1 Å². The van der Waals surface area contributed by atoms with Gasteiger partial charge in [0, 0.05) is 5.39 Å². The summed E-state index contributed by atoms with van der Waals surface area (Å²) in [5, 5.41) is 0.894. The molecule has 0 fully saturated rings. The van der Waals surface area contributed by atoms with Crippen molar-refractivity contribution in [1.82, 2.24) is 9.97 Å². The van der Waals surface area contributed by atoms with E-state index in [1.165, 1.54) is 0 Å². The van der Waals surface area contributed by atoms with Gasteiger partial charge in [0.1, 0.15) is 0 Å². The number of pyridine rings is 1. The number of fused-ring (bicyclic) bond motifs is 3. The fraction of sp³-hybridized carbons (Fsp3) is 0. The number of aromatic nitrogens is 2. The Bertz CT molecular complexity index is 713. The highest BCUT2D eigenvalue weighted by atomic mass is 32.1. The van der Waals surface area contributed by atoms with E-state index < -0.39 is 0 Å². The lowest BCUT2D eigenvalue weighted by Crippen LogP contribution is -2.10. The van der Waals surface area contributed by atoms with Crippen LogP contribution in [-0.4, -0.2) is 9.97 Å². The van der Waals surface area contributed by atoms with Crippen molar-refractivity contribution in [3.63, 3.8) is 0 Å². The highest BCUT2D eigenvalue weighted by Gasteiger charge is 2.05. The maximum Gasteiger partial charge on any atom is 0.271 e. The Labute approximate surface area is 88.4 Å². The number of nitrogens with one attached hydrogen (secondary N) is 1. The number of rotatable bonds is 0. The summed E-state index contributed by atoms with van der Waals surface area (Å²) in [6.45, 7) is 0. The first-order valence-corrected chi connectivity index (χ1v) is 5.28. The highest BCUT2D eigenvalue weighted by Crippen LogP contribution is 2.25. The van der Waals surface area contributed by atoms with Gasteiger partial charge < -0.3 is 10.7 Å². The van der Waals surface area contributed by atoms with Crippen LogP contribution in [0, 0.1) is 0 Å². The third-order valence-corrected chi connectivity index (χ3v) is 3.15. The van der Waals surface area contributed by atoms with Gasteiger partial charge >= 0.3 is 0 Å². The summed E-state index contributed by atoms with van der Waals surface area (Å²) in [5.41, 5.74) is 8.99. The quantitative estimate of drug-likeness (QED) is 0.602. The van der Waals surface area contributed by atoms with E-state index in [9.17, 15) is 4.79 Å². The van der Waals surface area contributed by atoms with Crippen molar-refractivity contribution in [3.8, 4) is 0 Å².